The number of ether oxygens (including phenoxy) is 1. The van der Waals surface area contributed by atoms with Crippen molar-refractivity contribution in [3.05, 3.63) is 69.5 Å². The average molecular weight is 649 g/mol. The van der Waals surface area contributed by atoms with E-state index < -0.39 is 47.6 Å². The Hall–Kier alpha value is -3.52. The van der Waals surface area contributed by atoms with Gasteiger partial charge in [-0.3, -0.25) is 9.48 Å². The third-order valence-electron chi connectivity index (χ3n) is 6.78. The quantitative estimate of drug-likeness (QED) is 0.139. The number of thiocarbonyl (C=S) groups is 1. The largest absolute Gasteiger partial charge is 0.490 e. The molecule has 7 nitrogen and oxygen atoms in total. The lowest BCUT2D eigenvalue weighted by Crippen LogP contribution is -2.24. The molecule has 1 aliphatic heterocycles. The molecule has 0 bridgehead atoms. The second kappa shape index (κ2) is 13.0. The van der Waals surface area contributed by atoms with Crippen molar-refractivity contribution >= 4 is 46.2 Å². The third-order valence-corrected chi connectivity index (χ3v) is 7.47. The topological polar surface area (TPSA) is 79.6 Å². The summed E-state index contributed by atoms with van der Waals surface area (Å²) in [6.07, 6.45) is -5.18. The molecule has 43 heavy (non-hydrogen) atoms. The van der Waals surface area contributed by atoms with Gasteiger partial charge in [0.2, 0.25) is 0 Å². The molecule has 2 N–H and O–H groups in total. The van der Waals surface area contributed by atoms with Gasteiger partial charge in [0, 0.05) is 30.9 Å². The number of benzene rings is 2. The van der Waals surface area contributed by atoms with E-state index in [1.54, 1.807) is 0 Å². The summed E-state index contributed by atoms with van der Waals surface area (Å²) in [5.41, 5.74) is -0.615. The predicted octanol–water partition coefficient (Wildman–Crippen LogP) is 7.00. The third kappa shape index (κ3) is 7.53. The van der Waals surface area contributed by atoms with Crippen molar-refractivity contribution < 1.29 is 41.0 Å². The molecular formula is C28H27ClF6N4O3S. The van der Waals surface area contributed by atoms with Crippen molar-refractivity contribution in [1.82, 2.24) is 9.78 Å². The van der Waals surface area contributed by atoms with Crippen LogP contribution in [0.1, 0.15) is 48.6 Å². The van der Waals surface area contributed by atoms with Gasteiger partial charge in [0.15, 0.2) is 0 Å². The van der Waals surface area contributed by atoms with E-state index in [0.717, 1.165) is 18.2 Å². The molecule has 2 aromatic carbocycles. The van der Waals surface area contributed by atoms with E-state index in [9.17, 15) is 36.2 Å². The number of aromatic nitrogens is 2. The smallest absolute Gasteiger partial charge is 0.418 e. The maximum absolute atomic E-state index is 14.2. The number of nitrogens with one attached hydrogen (secondary N) is 1. The highest BCUT2D eigenvalue weighted by molar-refractivity contribution is 7.81. The predicted molar refractivity (Wildman–Crippen MR) is 153 cm³/mol. The fraction of sp³-hybridized carbons (Fsp3) is 0.393. The normalized spacial score (nSPS) is 15.3. The van der Waals surface area contributed by atoms with Gasteiger partial charge in [0.05, 0.1) is 41.7 Å². The van der Waals surface area contributed by atoms with Gasteiger partial charge in [-0.05, 0) is 30.0 Å². The van der Waals surface area contributed by atoms with Gasteiger partial charge in [0.25, 0.3) is 0 Å². The molecule has 1 aromatic heterocycles. The summed E-state index contributed by atoms with van der Waals surface area (Å²) < 4.78 is 90.8. The first-order valence-electron chi connectivity index (χ1n) is 13.1. The summed E-state index contributed by atoms with van der Waals surface area (Å²) in [4.78, 5) is 12.9. The summed E-state index contributed by atoms with van der Waals surface area (Å²) in [7, 11) is 0. The number of rotatable bonds is 10. The molecule has 1 aliphatic rings. The first-order valence-corrected chi connectivity index (χ1v) is 13.9. The Kier molecular flexibility index (Phi) is 9.79. The lowest BCUT2D eigenvalue weighted by molar-refractivity contribution is -0.137. The van der Waals surface area contributed by atoms with Crippen LogP contribution in [0.3, 0.4) is 0 Å². The first-order chi connectivity index (χ1) is 20.1. The Labute approximate surface area is 253 Å². The summed E-state index contributed by atoms with van der Waals surface area (Å²) >= 11 is 11.3. The molecule has 0 saturated carbocycles. The van der Waals surface area contributed by atoms with Crippen molar-refractivity contribution in [3.63, 3.8) is 0 Å². The molecule has 4 rings (SSSR count). The maximum Gasteiger partial charge on any atom is 0.418 e. The SMILES string of the molecule is CC(C)c1c(C(=S)Nc2cc(CC(=O)O)c(N3CC[C@@H](F)C3)cc2C(F)(F)F)cnn1CCOc1cc(F)cc(F)c1Cl. The van der Waals surface area contributed by atoms with Crippen LogP contribution >= 0.6 is 23.8 Å². The molecule has 1 saturated heterocycles. The Bertz CT molecular complexity index is 1530. The van der Waals surface area contributed by atoms with Gasteiger partial charge < -0.3 is 20.1 Å². The van der Waals surface area contributed by atoms with Crippen LogP contribution in [0.4, 0.5) is 37.7 Å². The highest BCUT2D eigenvalue weighted by Crippen LogP contribution is 2.41. The molecule has 1 fully saturated rings. The lowest BCUT2D eigenvalue weighted by Gasteiger charge is -2.25. The van der Waals surface area contributed by atoms with Gasteiger partial charge in [0.1, 0.15) is 40.2 Å². The second-order valence-corrected chi connectivity index (χ2v) is 11.0. The summed E-state index contributed by atoms with van der Waals surface area (Å²) in [5, 5.41) is 15.9. The van der Waals surface area contributed by atoms with E-state index in [2.05, 4.69) is 10.4 Å². The lowest BCUT2D eigenvalue weighted by atomic mass is 10.0. The number of carbonyl (C=O) groups is 1. The van der Waals surface area contributed by atoms with Crippen LogP contribution in [-0.2, 0) is 23.9 Å². The van der Waals surface area contributed by atoms with E-state index in [0.29, 0.717) is 17.3 Å². The number of carboxylic acids is 1. The Morgan fingerprint density at radius 1 is 1.26 bits per heavy atom. The standard InChI is InChI=1S/C28H27ClF6N4O3S/c1-14(2)26-18(12-36-39(26)5-6-42-23-10-17(31)9-20(32)25(23)29)27(43)37-21-7-15(8-24(40)41)22(11-19(21)28(33,34)35)38-4-3-16(30)13-38/h7,9-12,14,16H,3-6,8,13H2,1-2H3,(H,37,43)(H,40,41)/t16-/m1/s1. The minimum Gasteiger partial charge on any atom is -0.490 e. The Morgan fingerprint density at radius 3 is 2.58 bits per heavy atom. The molecule has 15 heteroatoms. The number of carboxylic acid groups (broad SMARTS) is 1. The van der Waals surface area contributed by atoms with Gasteiger partial charge in [-0.15, -0.1) is 0 Å². The van der Waals surface area contributed by atoms with Crippen molar-refractivity contribution in [1.29, 1.82) is 0 Å². The van der Waals surface area contributed by atoms with Crippen LogP contribution in [0, 0.1) is 11.6 Å². The van der Waals surface area contributed by atoms with Gasteiger partial charge in [-0.1, -0.05) is 37.7 Å². The summed E-state index contributed by atoms with van der Waals surface area (Å²) in [6, 6.07) is 3.46. The van der Waals surface area contributed by atoms with Crippen LogP contribution in [0.25, 0.3) is 0 Å². The van der Waals surface area contributed by atoms with Crippen LogP contribution < -0.4 is 15.0 Å². The van der Waals surface area contributed by atoms with Gasteiger partial charge in [-0.2, -0.15) is 18.3 Å². The Balaban J connectivity index is 1.62. The number of alkyl halides is 4. The first kappa shape index (κ1) is 32.4. The van der Waals surface area contributed by atoms with E-state index in [4.69, 9.17) is 28.6 Å². The minimum atomic E-state index is -4.84. The average Bonchev–Trinajstić information content (AvgIpc) is 3.52. The molecule has 232 valence electrons. The van der Waals surface area contributed by atoms with Crippen molar-refractivity contribution in [2.45, 2.75) is 51.5 Å². The fourth-order valence-corrected chi connectivity index (χ4v) is 5.36. The van der Waals surface area contributed by atoms with Crippen LogP contribution in [0.15, 0.2) is 30.5 Å². The molecule has 0 amide bonds. The monoisotopic (exact) mass is 648 g/mol. The van der Waals surface area contributed by atoms with Gasteiger partial charge in [-0.25, -0.2) is 13.2 Å². The number of aliphatic carboxylic acids is 1. The van der Waals surface area contributed by atoms with E-state index in [-0.39, 0.29) is 65.6 Å². The van der Waals surface area contributed by atoms with Crippen molar-refractivity contribution in [2.75, 3.05) is 29.9 Å². The van der Waals surface area contributed by atoms with Crippen LogP contribution in [-0.4, -0.2) is 51.7 Å². The zero-order chi connectivity index (χ0) is 31.6. The zero-order valence-electron chi connectivity index (χ0n) is 22.9. The zero-order valence-corrected chi connectivity index (χ0v) is 24.5. The summed E-state index contributed by atoms with van der Waals surface area (Å²) in [6.45, 7) is 3.62. The molecule has 2 heterocycles. The molecule has 0 unspecified atom stereocenters. The molecular weight excluding hydrogens is 622 g/mol. The molecule has 0 aliphatic carbocycles. The minimum absolute atomic E-state index is 0.000291. The van der Waals surface area contributed by atoms with Gasteiger partial charge >= 0.3 is 12.1 Å². The van der Waals surface area contributed by atoms with Crippen molar-refractivity contribution in [2.24, 2.45) is 0 Å². The molecule has 3 aromatic rings. The molecule has 0 spiro atoms. The van der Waals surface area contributed by atoms with E-state index >= 15 is 0 Å². The number of hydrogen-bond donors (Lipinski definition) is 2. The Morgan fingerprint density at radius 2 is 1.98 bits per heavy atom. The number of hydrogen-bond acceptors (Lipinski definition) is 5. The highest BCUT2D eigenvalue weighted by atomic mass is 35.5. The van der Waals surface area contributed by atoms with Crippen LogP contribution in [0.2, 0.25) is 5.02 Å². The highest BCUT2D eigenvalue weighted by Gasteiger charge is 2.37. The fourth-order valence-electron chi connectivity index (χ4n) is 4.93. The number of anilines is 2. The van der Waals surface area contributed by atoms with E-state index in [1.165, 1.54) is 15.8 Å². The van der Waals surface area contributed by atoms with Crippen molar-refractivity contribution in [3.8, 4) is 5.75 Å². The second-order valence-electron chi connectivity index (χ2n) is 10.3. The summed E-state index contributed by atoms with van der Waals surface area (Å²) in [5.74, 6) is -3.54. The van der Waals surface area contributed by atoms with Crippen LogP contribution in [0.5, 0.6) is 5.75 Å². The number of nitrogens with zero attached hydrogens (tertiary/aromatic N) is 3. The number of halogens is 7. The van der Waals surface area contributed by atoms with E-state index in [1.807, 2.05) is 13.8 Å². The maximum atomic E-state index is 14.2. The molecule has 0 radical (unpaired) electrons. The molecule has 1 atom stereocenters.